The van der Waals surface area contributed by atoms with Gasteiger partial charge in [0.05, 0.1) is 42.3 Å². The number of methoxy groups -OCH3 is 1. The largest absolute Gasteiger partial charge is 0.497 e. The quantitative estimate of drug-likeness (QED) is 0.422. The molecule has 0 spiro atoms. The highest BCUT2D eigenvalue weighted by Gasteiger charge is 2.38. The zero-order valence-corrected chi connectivity index (χ0v) is 23.5. The van der Waals surface area contributed by atoms with Gasteiger partial charge in [-0.1, -0.05) is 55.0 Å². The molecule has 0 saturated carbocycles. The number of esters is 1. The molecule has 0 aliphatic carbocycles. The van der Waals surface area contributed by atoms with Crippen LogP contribution in [0.1, 0.15) is 57.7 Å². The van der Waals surface area contributed by atoms with E-state index in [2.05, 4.69) is 0 Å². The standard InChI is InChI=1S/C30H31N3O5S/c1-6-11-21-24(29(36)38-7-2)25(18-12-10-13-19(16-18)37-5)33-28(35)26(39-30(33)31-21)23-20-14-8-9-15-22(20)32(17(3)4)27(23)34/h8-10,12-17,25H,6-7,11H2,1-5H3/b26-23+/t25-/m0/s1. The van der Waals surface area contributed by atoms with Crippen molar-refractivity contribution in [2.24, 2.45) is 4.99 Å². The van der Waals surface area contributed by atoms with E-state index in [1.807, 2.05) is 69.3 Å². The number of hydrogen-bond donors (Lipinski definition) is 0. The van der Waals surface area contributed by atoms with E-state index in [0.717, 1.165) is 17.7 Å². The number of amides is 1. The lowest BCUT2D eigenvalue weighted by Crippen LogP contribution is -2.41. The molecule has 0 radical (unpaired) electrons. The smallest absolute Gasteiger partial charge is 0.338 e. The zero-order chi connectivity index (χ0) is 27.8. The van der Waals surface area contributed by atoms with Crippen LogP contribution in [0.2, 0.25) is 0 Å². The molecule has 0 fully saturated rings. The van der Waals surface area contributed by atoms with Crippen molar-refractivity contribution in [2.45, 2.75) is 52.6 Å². The third-order valence-corrected chi connectivity index (χ3v) is 7.94. The zero-order valence-electron chi connectivity index (χ0n) is 22.7. The summed E-state index contributed by atoms with van der Waals surface area (Å²) < 4.78 is 12.8. The van der Waals surface area contributed by atoms with Crippen LogP contribution in [-0.4, -0.2) is 36.2 Å². The molecule has 202 valence electrons. The SMILES string of the molecule is CCCC1=C(C(=O)OCC)[C@H](c2cccc(OC)c2)n2c(s/c(=C3/C(=O)N(C(C)C)c4ccccc43)c2=O)=N1. The summed E-state index contributed by atoms with van der Waals surface area (Å²) in [4.78, 5) is 48.4. The monoisotopic (exact) mass is 545 g/mol. The van der Waals surface area contributed by atoms with Crippen LogP contribution >= 0.6 is 11.3 Å². The predicted octanol–water partition coefficient (Wildman–Crippen LogP) is 3.71. The molecule has 3 aromatic rings. The Hall–Kier alpha value is -3.98. The second-order valence-corrected chi connectivity index (χ2v) is 10.6. The van der Waals surface area contributed by atoms with E-state index in [0.29, 0.717) is 43.9 Å². The lowest BCUT2D eigenvalue weighted by Gasteiger charge is -2.26. The Balaban J connectivity index is 1.86. The van der Waals surface area contributed by atoms with E-state index in [1.54, 1.807) is 18.9 Å². The highest BCUT2D eigenvalue weighted by atomic mass is 32.1. The Morgan fingerprint density at radius 1 is 1.10 bits per heavy atom. The molecule has 5 rings (SSSR count). The second-order valence-electron chi connectivity index (χ2n) is 9.67. The van der Waals surface area contributed by atoms with Gasteiger partial charge in [0, 0.05) is 11.6 Å². The van der Waals surface area contributed by atoms with Crippen LogP contribution in [0, 0.1) is 0 Å². The van der Waals surface area contributed by atoms with Gasteiger partial charge in [-0.2, -0.15) is 0 Å². The summed E-state index contributed by atoms with van der Waals surface area (Å²) in [6.45, 7) is 7.85. The maximum atomic E-state index is 14.3. The van der Waals surface area contributed by atoms with Crippen molar-refractivity contribution in [3.63, 3.8) is 0 Å². The number of allylic oxidation sites excluding steroid dienone is 1. The molecule has 39 heavy (non-hydrogen) atoms. The maximum absolute atomic E-state index is 14.3. The van der Waals surface area contributed by atoms with Gasteiger partial charge in [-0.15, -0.1) is 0 Å². The van der Waals surface area contributed by atoms with Gasteiger partial charge in [-0.25, -0.2) is 9.79 Å². The molecule has 2 aromatic carbocycles. The average Bonchev–Trinajstić information content (AvgIpc) is 3.40. The van der Waals surface area contributed by atoms with Crippen LogP contribution in [0.3, 0.4) is 0 Å². The van der Waals surface area contributed by atoms with Gasteiger partial charge >= 0.3 is 5.97 Å². The minimum atomic E-state index is -0.778. The fourth-order valence-corrected chi connectivity index (χ4v) is 6.38. The van der Waals surface area contributed by atoms with Crippen molar-refractivity contribution in [1.82, 2.24) is 4.57 Å². The molecule has 0 bridgehead atoms. The molecule has 0 unspecified atom stereocenters. The third-order valence-electron chi connectivity index (χ3n) is 6.89. The molecule has 1 amide bonds. The first kappa shape index (κ1) is 26.6. The number of carbonyl (C=O) groups excluding carboxylic acids is 2. The Morgan fingerprint density at radius 3 is 2.56 bits per heavy atom. The predicted molar refractivity (Wildman–Crippen MR) is 151 cm³/mol. The van der Waals surface area contributed by atoms with E-state index in [-0.39, 0.29) is 24.1 Å². The first-order chi connectivity index (χ1) is 18.8. The number of anilines is 1. The molecular formula is C30H31N3O5S. The number of fused-ring (bicyclic) bond motifs is 2. The van der Waals surface area contributed by atoms with E-state index in [1.165, 1.54) is 15.9 Å². The van der Waals surface area contributed by atoms with Crippen molar-refractivity contribution >= 4 is 34.5 Å². The number of hydrogen-bond acceptors (Lipinski definition) is 7. The number of rotatable bonds is 7. The minimum absolute atomic E-state index is 0.0871. The van der Waals surface area contributed by atoms with Crippen LogP contribution in [0.4, 0.5) is 5.69 Å². The summed E-state index contributed by atoms with van der Waals surface area (Å²) in [5.74, 6) is -0.126. The molecule has 0 N–H and O–H groups in total. The van der Waals surface area contributed by atoms with Crippen LogP contribution in [0.5, 0.6) is 5.75 Å². The number of thiazole rings is 1. The number of nitrogens with zero attached hydrogens (tertiary/aromatic N) is 3. The van der Waals surface area contributed by atoms with E-state index < -0.39 is 12.0 Å². The van der Waals surface area contributed by atoms with Crippen LogP contribution < -0.4 is 24.5 Å². The molecule has 2 aliphatic rings. The van der Waals surface area contributed by atoms with Gasteiger partial charge in [0.25, 0.3) is 11.5 Å². The molecule has 1 atom stereocenters. The molecule has 0 saturated heterocycles. The van der Waals surface area contributed by atoms with E-state index in [4.69, 9.17) is 14.5 Å². The Kier molecular flexibility index (Phi) is 7.27. The topological polar surface area (TPSA) is 90.2 Å². The molecular weight excluding hydrogens is 514 g/mol. The van der Waals surface area contributed by atoms with Gasteiger partial charge in [-0.3, -0.25) is 14.2 Å². The molecule has 9 heteroatoms. The van der Waals surface area contributed by atoms with Gasteiger partial charge in [0.1, 0.15) is 10.3 Å². The summed E-state index contributed by atoms with van der Waals surface area (Å²) in [7, 11) is 1.57. The Morgan fingerprint density at radius 2 is 1.87 bits per heavy atom. The van der Waals surface area contributed by atoms with Crippen molar-refractivity contribution in [1.29, 1.82) is 0 Å². The first-order valence-corrected chi connectivity index (χ1v) is 13.9. The highest BCUT2D eigenvalue weighted by Crippen LogP contribution is 2.37. The Labute approximate surface area is 230 Å². The lowest BCUT2D eigenvalue weighted by molar-refractivity contribution is -0.139. The molecule has 8 nitrogen and oxygen atoms in total. The van der Waals surface area contributed by atoms with Crippen molar-refractivity contribution in [3.8, 4) is 5.75 Å². The number of carbonyl (C=O) groups is 2. The molecule has 3 heterocycles. The van der Waals surface area contributed by atoms with Crippen molar-refractivity contribution in [2.75, 3.05) is 18.6 Å². The fraction of sp³-hybridized carbons (Fsp3) is 0.333. The third kappa shape index (κ3) is 4.40. The van der Waals surface area contributed by atoms with Crippen LogP contribution in [0.25, 0.3) is 5.57 Å². The number of para-hydroxylation sites is 1. The Bertz CT molecular complexity index is 1680. The van der Waals surface area contributed by atoms with E-state index >= 15 is 0 Å². The molecule has 2 aliphatic heterocycles. The number of ether oxygens (including phenoxy) is 2. The summed E-state index contributed by atoms with van der Waals surface area (Å²) in [5, 5.41) is 0. The normalized spacial score (nSPS) is 17.7. The summed E-state index contributed by atoms with van der Waals surface area (Å²) in [5.41, 5.74) is 3.11. The second kappa shape index (κ2) is 10.6. The lowest BCUT2D eigenvalue weighted by atomic mass is 9.94. The molecule has 1 aromatic heterocycles. The van der Waals surface area contributed by atoms with Gasteiger partial charge in [0.2, 0.25) is 0 Å². The fourth-order valence-electron chi connectivity index (χ4n) is 5.27. The number of benzene rings is 2. The van der Waals surface area contributed by atoms with Crippen molar-refractivity contribution < 1.29 is 19.1 Å². The number of aromatic nitrogens is 1. The van der Waals surface area contributed by atoms with Crippen molar-refractivity contribution in [3.05, 3.63) is 90.6 Å². The maximum Gasteiger partial charge on any atom is 0.338 e. The minimum Gasteiger partial charge on any atom is -0.497 e. The highest BCUT2D eigenvalue weighted by molar-refractivity contribution is 7.07. The van der Waals surface area contributed by atoms with Gasteiger partial charge in [0.15, 0.2) is 4.80 Å². The van der Waals surface area contributed by atoms with Gasteiger partial charge in [-0.05, 0) is 51.0 Å². The van der Waals surface area contributed by atoms with Crippen LogP contribution in [0.15, 0.2) is 69.6 Å². The average molecular weight is 546 g/mol. The summed E-state index contributed by atoms with van der Waals surface area (Å²) >= 11 is 1.19. The summed E-state index contributed by atoms with van der Waals surface area (Å²) in [6.07, 6.45) is 1.29. The van der Waals surface area contributed by atoms with E-state index in [9.17, 15) is 14.4 Å². The van der Waals surface area contributed by atoms with Crippen LogP contribution in [-0.2, 0) is 14.3 Å². The summed E-state index contributed by atoms with van der Waals surface area (Å²) in [6, 6.07) is 14.0. The van der Waals surface area contributed by atoms with Gasteiger partial charge < -0.3 is 14.4 Å². The first-order valence-electron chi connectivity index (χ1n) is 13.1.